The Kier molecular flexibility index (Phi) is 10.0. The fourth-order valence-corrected chi connectivity index (χ4v) is 5.61. The minimum atomic E-state index is 0.286. The summed E-state index contributed by atoms with van der Waals surface area (Å²) in [4.78, 5) is 9.30. The van der Waals surface area contributed by atoms with E-state index in [4.69, 9.17) is 15.6 Å². The first kappa shape index (κ1) is 29.4. The second-order valence-electron chi connectivity index (χ2n) is 10.6. The Balaban J connectivity index is 0.00000181. The van der Waals surface area contributed by atoms with Crippen molar-refractivity contribution in [3.63, 3.8) is 0 Å². The number of nitrogens with one attached hydrogen (secondary N) is 2. The summed E-state index contributed by atoms with van der Waals surface area (Å²) in [5, 5.41) is 15.3. The van der Waals surface area contributed by atoms with Gasteiger partial charge in [-0.1, -0.05) is 57.5 Å². The van der Waals surface area contributed by atoms with E-state index >= 15 is 0 Å². The zero-order valence-corrected chi connectivity index (χ0v) is 24.5. The first-order chi connectivity index (χ1) is 19.5. The van der Waals surface area contributed by atoms with Crippen LogP contribution in [-0.4, -0.2) is 52.5 Å². The van der Waals surface area contributed by atoms with Gasteiger partial charge in [0.15, 0.2) is 5.82 Å². The van der Waals surface area contributed by atoms with Crippen LogP contribution in [-0.2, 0) is 6.54 Å². The lowest BCUT2D eigenvalue weighted by Gasteiger charge is -2.25. The Morgan fingerprint density at radius 3 is 2.65 bits per heavy atom. The van der Waals surface area contributed by atoms with Crippen LogP contribution >= 0.6 is 0 Å². The molecule has 2 aromatic heterocycles. The summed E-state index contributed by atoms with van der Waals surface area (Å²) in [6.45, 7) is 8.09. The summed E-state index contributed by atoms with van der Waals surface area (Å²) in [7, 11) is 2.74. The minimum absolute atomic E-state index is 0.286. The highest BCUT2D eigenvalue weighted by atomic mass is 16.5. The van der Waals surface area contributed by atoms with Gasteiger partial charge >= 0.3 is 0 Å². The van der Waals surface area contributed by atoms with Crippen molar-refractivity contribution >= 4 is 39.3 Å². The highest BCUT2D eigenvalue weighted by molar-refractivity contribution is 6.09. The number of rotatable bonds is 10. The Bertz CT molecular complexity index is 1460. The molecule has 214 valence electrons. The number of methoxy groups -OCH3 is 1. The molecule has 0 saturated heterocycles. The number of nitrogens with two attached hydrogens (primary N) is 1. The molecule has 0 bridgehead atoms. The molecular weight excluding hydrogens is 500 g/mol. The van der Waals surface area contributed by atoms with Gasteiger partial charge in [-0.05, 0) is 55.0 Å². The number of nitrogens with zero attached hydrogens (tertiary/aromatic N) is 3. The van der Waals surface area contributed by atoms with Crippen molar-refractivity contribution in [2.75, 3.05) is 31.8 Å². The molecule has 4 aromatic rings. The fraction of sp³-hybridized carbons (Fsp3) is 0.438. The van der Waals surface area contributed by atoms with Crippen molar-refractivity contribution in [1.82, 2.24) is 19.9 Å². The van der Waals surface area contributed by atoms with Crippen LogP contribution < -0.4 is 21.1 Å². The number of aliphatic hydroxyl groups excluding tert-OH is 1. The van der Waals surface area contributed by atoms with E-state index in [0.29, 0.717) is 18.6 Å². The Labute approximate surface area is 237 Å². The van der Waals surface area contributed by atoms with Crippen LogP contribution in [0.25, 0.3) is 27.5 Å². The van der Waals surface area contributed by atoms with Gasteiger partial charge in [0.2, 0.25) is 5.95 Å². The third-order valence-corrected chi connectivity index (χ3v) is 7.40. The van der Waals surface area contributed by atoms with Gasteiger partial charge in [0, 0.05) is 36.7 Å². The normalized spacial score (nSPS) is 15.2. The molecule has 1 aliphatic rings. The molecular formula is C32H44N6O2. The molecule has 8 heteroatoms. The lowest BCUT2D eigenvalue weighted by atomic mass is 9.89. The second kappa shape index (κ2) is 13.6. The number of ether oxygens (including phenoxy) is 1. The van der Waals surface area contributed by atoms with Gasteiger partial charge in [-0.3, -0.25) is 0 Å². The molecule has 0 saturated carbocycles. The van der Waals surface area contributed by atoms with E-state index in [1.54, 1.807) is 7.11 Å². The Hall–Kier alpha value is -3.62. The Morgan fingerprint density at radius 2 is 1.95 bits per heavy atom. The number of aromatic nitrogens is 3. The van der Waals surface area contributed by atoms with Crippen molar-refractivity contribution in [1.29, 1.82) is 0 Å². The van der Waals surface area contributed by atoms with Crippen LogP contribution in [0.1, 0.15) is 64.0 Å². The molecule has 5 rings (SSSR count). The van der Waals surface area contributed by atoms with Gasteiger partial charge in [-0.25, -0.2) is 4.98 Å². The first-order valence-corrected chi connectivity index (χ1v) is 14.3. The summed E-state index contributed by atoms with van der Waals surface area (Å²) in [6.07, 6.45) is 7.86. The number of unbranched alkanes of at least 4 members (excludes halogenated alkanes) is 1. The zero-order valence-electron chi connectivity index (χ0n) is 24.5. The molecule has 8 nitrogen and oxygen atoms in total. The van der Waals surface area contributed by atoms with Crippen molar-refractivity contribution in [3.8, 4) is 5.75 Å². The SMILES string of the molecule is CCCCNc1nc(N)nc2c3ccccc3n(Cc3cc(C4=CCC(NC(C)C)CC4)ccc3OC)c12.CO. The summed E-state index contributed by atoms with van der Waals surface area (Å²) in [5.41, 5.74) is 12.9. The monoisotopic (exact) mass is 544 g/mol. The van der Waals surface area contributed by atoms with Gasteiger partial charge in [0.1, 0.15) is 16.8 Å². The summed E-state index contributed by atoms with van der Waals surface area (Å²) >= 11 is 0. The highest BCUT2D eigenvalue weighted by Crippen LogP contribution is 2.35. The van der Waals surface area contributed by atoms with Gasteiger partial charge in [0.05, 0.1) is 19.2 Å². The predicted octanol–water partition coefficient (Wildman–Crippen LogP) is 5.98. The predicted molar refractivity (Wildman–Crippen MR) is 167 cm³/mol. The Morgan fingerprint density at radius 1 is 1.15 bits per heavy atom. The average molecular weight is 545 g/mol. The average Bonchev–Trinajstić information content (AvgIpc) is 3.27. The smallest absolute Gasteiger partial charge is 0.222 e. The van der Waals surface area contributed by atoms with Crippen LogP contribution in [0.3, 0.4) is 0 Å². The molecule has 2 aromatic carbocycles. The van der Waals surface area contributed by atoms with Gasteiger partial charge < -0.3 is 30.8 Å². The molecule has 0 radical (unpaired) electrons. The van der Waals surface area contributed by atoms with Crippen molar-refractivity contribution in [2.45, 2.75) is 71.5 Å². The number of para-hydroxylation sites is 1. The summed E-state index contributed by atoms with van der Waals surface area (Å²) in [6, 6.07) is 16.0. The summed E-state index contributed by atoms with van der Waals surface area (Å²) in [5.74, 6) is 1.95. The lowest BCUT2D eigenvalue weighted by Crippen LogP contribution is -2.35. The minimum Gasteiger partial charge on any atom is -0.496 e. The van der Waals surface area contributed by atoms with Gasteiger partial charge in [-0.15, -0.1) is 0 Å². The first-order valence-electron chi connectivity index (χ1n) is 14.3. The van der Waals surface area contributed by atoms with Crippen LogP contribution in [0.15, 0.2) is 48.5 Å². The quantitative estimate of drug-likeness (QED) is 0.182. The van der Waals surface area contributed by atoms with E-state index in [9.17, 15) is 0 Å². The van der Waals surface area contributed by atoms with Crippen LogP contribution in [0.4, 0.5) is 11.8 Å². The van der Waals surface area contributed by atoms with Crippen LogP contribution in [0.2, 0.25) is 0 Å². The van der Waals surface area contributed by atoms with E-state index in [1.807, 2.05) is 6.07 Å². The molecule has 0 fully saturated rings. The van der Waals surface area contributed by atoms with Gasteiger partial charge in [-0.2, -0.15) is 4.98 Å². The largest absolute Gasteiger partial charge is 0.496 e. The van der Waals surface area contributed by atoms with E-state index in [-0.39, 0.29) is 5.95 Å². The number of benzene rings is 2. The number of allylic oxidation sites excluding steroid dienone is 1. The number of aliphatic hydroxyl groups is 1. The maximum absolute atomic E-state index is 7.00. The highest BCUT2D eigenvalue weighted by Gasteiger charge is 2.20. The van der Waals surface area contributed by atoms with Crippen LogP contribution in [0.5, 0.6) is 5.75 Å². The topological polar surface area (TPSA) is 110 Å². The number of hydrogen-bond acceptors (Lipinski definition) is 7. The number of anilines is 2. The maximum atomic E-state index is 7.00. The molecule has 0 amide bonds. The summed E-state index contributed by atoms with van der Waals surface area (Å²) < 4.78 is 8.14. The molecule has 40 heavy (non-hydrogen) atoms. The maximum Gasteiger partial charge on any atom is 0.222 e. The molecule has 1 unspecified atom stereocenters. The number of hydrogen-bond donors (Lipinski definition) is 4. The van der Waals surface area contributed by atoms with Crippen molar-refractivity contribution < 1.29 is 9.84 Å². The third kappa shape index (κ3) is 6.40. The molecule has 2 heterocycles. The third-order valence-electron chi connectivity index (χ3n) is 7.40. The second-order valence-corrected chi connectivity index (χ2v) is 10.6. The van der Waals surface area contributed by atoms with E-state index in [0.717, 1.165) is 84.8 Å². The lowest BCUT2D eigenvalue weighted by molar-refractivity contribution is 0.399. The molecule has 0 spiro atoms. The molecule has 1 atom stereocenters. The van der Waals surface area contributed by atoms with Crippen molar-refractivity contribution in [3.05, 3.63) is 59.7 Å². The van der Waals surface area contributed by atoms with Gasteiger partial charge in [0.25, 0.3) is 0 Å². The number of nitrogen functional groups attached to an aromatic ring is 1. The van der Waals surface area contributed by atoms with Crippen molar-refractivity contribution in [2.24, 2.45) is 0 Å². The van der Waals surface area contributed by atoms with Crippen LogP contribution in [0, 0.1) is 0 Å². The zero-order chi connectivity index (χ0) is 28.6. The fourth-order valence-electron chi connectivity index (χ4n) is 5.61. The standard InChI is InChI=1S/C31H40N6O.CH4O/c1-5-6-17-33-30-29-28(35-31(32)36-30)25-9-7-8-10-26(25)37(29)19-23-18-22(13-16-27(23)38-4)21-11-14-24(15-12-21)34-20(2)3;1-2/h7-11,13,16,18,20,24,34H,5-6,12,14-15,17,19H2,1-4H3,(H3,32,33,35,36);2H,1H3. The molecule has 0 aliphatic heterocycles. The number of fused-ring (bicyclic) bond motifs is 3. The van der Waals surface area contributed by atoms with E-state index in [2.05, 4.69) is 88.4 Å². The van der Waals surface area contributed by atoms with E-state index < -0.39 is 0 Å². The molecule has 1 aliphatic carbocycles. The van der Waals surface area contributed by atoms with E-state index in [1.165, 1.54) is 11.1 Å². The molecule has 5 N–H and O–H groups in total.